The van der Waals surface area contributed by atoms with Crippen molar-refractivity contribution in [1.29, 1.82) is 10.5 Å². The summed E-state index contributed by atoms with van der Waals surface area (Å²) in [5.74, 6) is 0. The molecule has 0 bridgehead atoms. The van der Waals surface area contributed by atoms with Gasteiger partial charge in [-0.3, -0.25) is 4.40 Å². The predicted molar refractivity (Wildman–Crippen MR) is 76.8 cm³/mol. The number of hydrogen-bond acceptors (Lipinski definition) is 4. The lowest BCUT2D eigenvalue weighted by Gasteiger charge is -1.99. The van der Waals surface area contributed by atoms with E-state index in [0.717, 1.165) is 28.0 Å². The van der Waals surface area contributed by atoms with Gasteiger partial charge in [0.2, 0.25) is 0 Å². The van der Waals surface area contributed by atoms with Gasteiger partial charge < -0.3 is 0 Å². The number of nitriles is 2. The lowest BCUT2D eigenvalue weighted by atomic mass is 10.2. The van der Waals surface area contributed by atoms with Crippen molar-refractivity contribution in [3.63, 3.8) is 0 Å². The Morgan fingerprint density at radius 3 is 2.60 bits per heavy atom. The Morgan fingerprint density at radius 1 is 1.10 bits per heavy atom. The lowest BCUT2D eigenvalue weighted by molar-refractivity contribution is 1.05. The van der Waals surface area contributed by atoms with Crippen LogP contribution in [0.1, 0.15) is 5.56 Å². The zero-order valence-corrected chi connectivity index (χ0v) is 11.1. The van der Waals surface area contributed by atoms with Gasteiger partial charge >= 0.3 is 0 Å². The first-order valence-electron chi connectivity index (χ1n) is 5.87. The zero-order valence-electron chi connectivity index (χ0n) is 10.3. The predicted octanol–water partition coefficient (Wildman–Crippen LogP) is 3.45. The van der Waals surface area contributed by atoms with Crippen molar-refractivity contribution in [2.75, 3.05) is 0 Å². The Hall–Kier alpha value is -2.76. The Balaban J connectivity index is 2.29. The summed E-state index contributed by atoms with van der Waals surface area (Å²) in [5.41, 5.74) is 2.93. The van der Waals surface area contributed by atoms with Crippen LogP contribution in [0.25, 0.3) is 16.9 Å². The second-order valence-electron chi connectivity index (χ2n) is 4.08. The molecule has 3 rings (SSSR count). The van der Waals surface area contributed by atoms with Gasteiger partial charge in [0, 0.05) is 23.5 Å². The molecule has 4 nitrogen and oxygen atoms in total. The van der Waals surface area contributed by atoms with E-state index in [9.17, 15) is 0 Å². The van der Waals surface area contributed by atoms with E-state index in [1.54, 1.807) is 18.3 Å². The molecule has 2 heterocycles. The minimum absolute atomic E-state index is 0.551. The largest absolute Gasteiger partial charge is 0.293 e. The molecule has 2 aromatic heterocycles. The molecular formula is C15H8N4S. The maximum atomic E-state index is 8.99. The third-order valence-electron chi connectivity index (χ3n) is 2.90. The molecule has 0 saturated carbocycles. The topological polar surface area (TPSA) is 64.9 Å². The van der Waals surface area contributed by atoms with E-state index in [0.29, 0.717) is 11.2 Å². The standard InChI is InChI=1S/C15H8N4S/c16-9-11-6-7-19-13(8-11)18-14(15(19)20-10-17)12-4-2-1-3-5-12/h1-8H. The van der Waals surface area contributed by atoms with Crippen molar-refractivity contribution in [2.45, 2.75) is 5.03 Å². The number of thioether (sulfide) groups is 1. The Labute approximate surface area is 119 Å². The number of benzene rings is 1. The van der Waals surface area contributed by atoms with E-state index in [1.165, 1.54) is 0 Å². The summed E-state index contributed by atoms with van der Waals surface area (Å²) < 4.78 is 1.83. The molecule has 0 unspecified atom stereocenters. The minimum atomic E-state index is 0.551. The number of imidazole rings is 1. The van der Waals surface area contributed by atoms with Crippen LogP contribution in [0, 0.1) is 22.0 Å². The van der Waals surface area contributed by atoms with E-state index in [2.05, 4.69) is 16.5 Å². The molecule has 0 radical (unpaired) electrons. The van der Waals surface area contributed by atoms with Crippen LogP contribution >= 0.6 is 11.8 Å². The SMILES string of the molecule is N#CSc1c(-c2ccccc2)nc2cc(C#N)ccn12. The molecule has 0 saturated heterocycles. The molecular weight excluding hydrogens is 268 g/mol. The van der Waals surface area contributed by atoms with Gasteiger partial charge in [-0.2, -0.15) is 10.5 Å². The van der Waals surface area contributed by atoms with E-state index < -0.39 is 0 Å². The molecule has 0 N–H and O–H groups in total. The minimum Gasteiger partial charge on any atom is -0.293 e. The number of hydrogen-bond donors (Lipinski definition) is 0. The number of aromatic nitrogens is 2. The average molecular weight is 276 g/mol. The van der Waals surface area contributed by atoms with Crippen LogP contribution in [-0.2, 0) is 0 Å². The average Bonchev–Trinajstić information content (AvgIpc) is 2.86. The molecule has 0 amide bonds. The lowest BCUT2D eigenvalue weighted by Crippen LogP contribution is -1.87. The first-order chi connectivity index (χ1) is 9.83. The smallest absolute Gasteiger partial charge is 0.140 e. The van der Waals surface area contributed by atoms with Crippen molar-refractivity contribution in [1.82, 2.24) is 9.38 Å². The maximum absolute atomic E-state index is 8.99. The number of rotatable bonds is 2. The summed E-state index contributed by atoms with van der Waals surface area (Å²) in [6.07, 6.45) is 1.77. The van der Waals surface area contributed by atoms with E-state index in [4.69, 9.17) is 10.5 Å². The first kappa shape index (κ1) is 12.3. The van der Waals surface area contributed by atoms with E-state index in [-0.39, 0.29) is 0 Å². The van der Waals surface area contributed by atoms with Crippen molar-refractivity contribution in [2.24, 2.45) is 0 Å². The normalized spacial score (nSPS) is 10.1. The molecule has 0 aliphatic heterocycles. The summed E-state index contributed by atoms with van der Waals surface area (Å²) in [6.45, 7) is 0. The number of nitrogens with zero attached hydrogens (tertiary/aromatic N) is 4. The van der Waals surface area contributed by atoms with Gasteiger partial charge in [0.1, 0.15) is 21.8 Å². The second-order valence-corrected chi connectivity index (χ2v) is 4.85. The number of pyridine rings is 1. The highest BCUT2D eigenvalue weighted by molar-refractivity contribution is 8.03. The number of fused-ring (bicyclic) bond motifs is 1. The monoisotopic (exact) mass is 276 g/mol. The van der Waals surface area contributed by atoms with Gasteiger partial charge in [-0.1, -0.05) is 30.3 Å². The number of thiocyanates is 1. The van der Waals surface area contributed by atoms with Crippen molar-refractivity contribution < 1.29 is 0 Å². The molecule has 0 spiro atoms. The van der Waals surface area contributed by atoms with Gasteiger partial charge in [0.25, 0.3) is 0 Å². The second kappa shape index (κ2) is 5.08. The Morgan fingerprint density at radius 2 is 1.90 bits per heavy atom. The third-order valence-corrected chi connectivity index (χ3v) is 3.58. The fourth-order valence-electron chi connectivity index (χ4n) is 2.02. The molecule has 0 aliphatic carbocycles. The zero-order chi connectivity index (χ0) is 13.9. The highest BCUT2D eigenvalue weighted by atomic mass is 32.2. The Bertz CT molecular complexity index is 853. The van der Waals surface area contributed by atoms with Gasteiger partial charge in [0.05, 0.1) is 11.6 Å². The summed E-state index contributed by atoms with van der Waals surface area (Å²) in [6, 6.07) is 15.2. The first-order valence-corrected chi connectivity index (χ1v) is 6.68. The van der Waals surface area contributed by atoms with Gasteiger partial charge in [-0.15, -0.1) is 0 Å². The Kier molecular flexibility index (Phi) is 3.12. The highest BCUT2D eigenvalue weighted by Crippen LogP contribution is 2.31. The van der Waals surface area contributed by atoms with Crippen LogP contribution in [0.2, 0.25) is 0 Å². The molecule has 94 valence electrons. The summed E-state index contributed by atoms with van der Waals surface area (Å²) >= 11 is 1.07. The van der Waals surface area contributed by atoms with Crippen molar-refractivity contribution >= 4 is 17.4 Å². The highest BCUT2D eigenvalue weighted by Gasteiger charge is 2.14. The van der Waals surface area contributed by atoms with E-state index >= 15 is 0 Å². The van der Waals surface area contributed by atoms with Gasteiger partial charge in [0.15, 0.2) is 0 Å². The van der Waals surface area contributed by atoms with Crippen LogP contribution in [0.5, 0.6) is 0 Å². The van der Waals surface area contributed by atoms with Gasteiger partial charge in [-0.05, 0) is 12.1 Å². The van der Waals surface area contributed by atoms with Crippen LogP contribution in [0.3, 0.4) is 0 Å². The van der Waals surface area contributed by atoms with Crippen molar-refractivity contribution in [3.8, 4) is 22.7 Å². The summed E-state index contributed by atoms with van der Waals surface area (Å²) in [5, 5.41) is 20.8. The fraction of sp³-hybridized carbons (Fsp3) is 0. The van der Waals surface area contributed by atoms with Crippen LogP contribution in [0.4, 0.5) is 0 Å². The molecule has 0 atom stereocenters. The summed E-state index contributed by atoms with van der Waals surface area (Å²) in [7, 11) is 0. The molecule has 3 aromatic rings. The quantitative estimate of drug-likeness (QED) is 0.531. The third kappa shape index (κ3) is 2.01. The summed E-state index contributed by atoms with van der Waals surface area (Å²) in [4.78, 5) is 4.55. The molecule has 20 heavy (non-hydrogen) atoms. The maximum Gasteiger partial charge on any atom is 0.140 e. The van der Waals surface area contributed by atoms with Crippen LogP contribution in [0.15, 0.2) is 53.7 Å². The molecule has 5 heteroatoms. The van der Waals surface area contributed by atoms with Crippen LogP contribution in [-0.4, -0.2) is 9.38 Å². The van der Waals surface area contributed by atoms with Crippen LogP contribution < -0.4 is 0 Å². The molecule has 0 aliphatic rings. The van der Waals surface area contributed by atoms with Crippen molar-refractivity contribution in [3.05, 3.63) is 54.2 Å². The van der Waals surface area contributed by atoms with E-state index in [1.807, 2.05) is 34.7 Å². The fourth-order valence-corrected chi connectivity index (χ4v) is 2.62. The molecule has 1 aromatic carbocycles. The van der Waals surface area contributed by atoms with Gasteiger partial charge in [-0.25, -0.2) is 4.98 Å². The molecule has 0 fully saturated rings.